The molecular weight excluding hydrogens is 1620 g/mol. The number of nitrogens with zero attached hydrogens (tertiary/aromatic N) is 6. The Morgan fingerprint density at radius 2 is 1.57 bits per heavy atom. The summed E-state index contributed by atoms with van der Waals surface area (Å²) in [4.78, 5) is 147. The maximum absolute atomic E-state index is 15.4. The summed E-state index contributed by atoms with van der Waals surface area (Å²) in [6.45, 7) is 10.6. The molecule has 3 amide bonds. The fourth-order valence-corrected chi connectivity index (χ4v) is 22.7. The predicted octanol–water partition coefficient (Wildman–Crippen LogP) is 7.65. The molecule has 13 rings (SSSR count). The number of carboxylic acid groups (broad SMARTS) is 2. The number of aromatic amines is 2. The summed E-state index contributed by atoms with van der Waals surface area (Å²) in [7, 11) is 5.83. The van der Waals surface area contributed by atoms with E-state index in [0.29, 0.717) is 107 Å². The highest BCUT2D eigenvalue weighted by atomic mass is 33.1. The Bertz CT molecular complexity index is 4940. The van der Waals surface area contributed by atoms with Gasteiger partial charge >= 0.3 is 18.0 Å². The molecule has 7 aliphatic rings. The van der Waals surface area contributed by atoms with E-state index in [2.05, 4.69) is 88.8 Å². The van der Waals surface area contributed by atoms with E-state index in [1.165, 1.54) is 16.4 Å². The minimum Gasteiger partial charge on any atom is -0.496 e. The molecule has 6 aromatic rings. The number of likely N-dealkylation sites (N-methyl/N-ethyl adjacent to an activating group) is 1. The highest BCUT2D eigenvalue weighted by molar-refractivity contribution is 8.76. The molecule has 1 aliphatic carbocycles. The zero-order chi connectivity index (χ0) is 87.7. The molecule has 4 unspecified atom stereocenters. The summed E-state index contributed by atoms with van der Waals surface area (Å²) in [5.41, 5.74) is 2.12. The number of carboxylic acids is 2. The van der Waals surface area contributed by atoms with Gasteiger partial charge in [-0.2, -0.15) is 0 Å². The van der Waals surface area contributed by atoms with Gasteiger partial charge in [0.2, 0.25) is 11.8 Å². The molecule has 31 nitrogen and oxygen atoms in total. The summed E-state index contributed by atoms with van der Waals surface area (Å²) in [6, 6.07) is 17.2. The molecule has 3 aromatic heterocycles. The van der Waals surface area contributed by atoms with Crippen molar-refractivity contribution in [2.75, 3.05) is 89.6 Å². The zero-order valence-corrected chi connectivity index (χ0v) is 72.7. The first-order valence-electron chi connectivity index (χ1n) is 43.5. The summed E-state index contributed by atoms with van der Waals surface area (Å²) in [5.74, 6) is -5.07. The Morgan fingerprint density at radius 1 is 0.821 bits per heavy atom. The lowest BCUT2D eigenvalue weighted by atomic mass is 9.47. The molecular formula is C90H119N11O20S2. The molecule has 3 aromatic carbocycles. The molecule has 666 valence electrons. The van der Waals surface area contributed by atoms with Crippen LogP contribution in [0, 0.1) is 24.2 Å². The number of unbranched alkanes of at least 4 members (excludes halogenated alkanes) is 6. The van der Waals surface area contributed by atoms with Crippen LogP contribution in [0.25, 0.3) is 22.1 Å². The molecule has 12 N–H and O–H groups in total. The predicted molar refractivity (Wildman–Crippen MR) is 463 cm³/mol. The molecule has 1 spiro atoms. The number of carbonyl (C=O) groups is 8. The highest BCUT2D eigenvalue weighted by Crippen LogP contribution is 2.68. The number of hydrogen-bond donors (Lipinski definition) is 12. The smallest absolute Gasteiger partial charge is 0.407 e. The lowest BCUT2D eigenvalue weighted by Gasteiger charge is -2.63. The van der Waals surface area contributed by atoms with Crippen molar-refractivity contribution in [3.8, 4) is 5.75 Å². The largest absolute Gasteiger partial charge is 0.496 e. The Balaban J connectivity index is 0.608. The molecule has 123 heavy (non-hydrogen) atoms. The average molecular weight is 1740 g/mol. The standard InChI is InChI=1S/C90H119N11O20S2/c1-7-87(116)46-55-31-34-86(4,77-60(32-37-100(50-55)52-87)59-20-14-15-21-63(59)98-77)62-43-61-65(44-69(62)118-6)99(5)83-89(61)35-38-101-36-19-33-88(8-2,82(89)101)84(114)90(83,117)70(105)49-93-85(115)120-40-41-122-123-51-57(80(110)111)42-67(103)64(48-91-71(106)23-13-11-9-10-12-18-39-119-73-45-68(104)75(108)76(121-73)81(112)113)97-72(107)24-17-16-22-66(102)56-28-25-54(26-29-56)27-30-58-47-92-78-74(96-58)79(109)95-53(3)94-78/h14-15,19-21,25-26,28-29,33,43-44,47,55,57,64,68,73,75-76,82-84,98,104,108,114,116-117H,7-13,16-18,22-24,27,30-32,34-42,45-46,48-52H2,1-6H3,(H,91,106)(H,93,115)(H,97,107)(H,110,111)(H,112,113)(H,92,94,95,109)/t55-,57+,64-,68+,73?,75?,76?,82-,83+,84+,86+,87-,88+,89+,90-/m0/s1. The maximum Gasteiger partial charge on any atom is 0.407 e. The van der Waals surface area contributed by atoms with Gasteiger partial charge in [0, 0.05) is 152 Å². The van der Waals surface area contributed by atoms with E-state index in [-0.39, 0.29) is 97.8 Å². The van der Waals surface area contributed by atoms with Crippen LogP contribution < -0.4 is 31.1 Å². The lowest BCUT2D eigenvalue weighted by Crippen LogP contribution is -2.81. The number of nitrogens with one attached hydrogen (secondary N) is 5. The summed E-state index contributed by atoms with van der Waals surface area (Å²) < 4.78 is 23.0. The maximum atomic E-state index is 15.4. The lowest BCUT2D eigenvalue weighted by molar-refractivity contribution is -0.252. The van der Waals surface area contributed by atoms with Gasteiger partial charge in [-0.1, -0.05) is 116 Å². The van der Waals surface area contributed by atoms with Crippen LogP contribution in [0.3, 0.4) is 0 Å². The number of amides is 3. The second kappa shape index (κ2) is 39.8. The van der Waals surface area contributed by atoms with Crippen LogP contribution in [0.15, 0.2) is 83.8 Å². The van der Waals surface area contributed by atoms with E-state index in [0.717, 1.165) is 101 Å². The van der Waals surface area contributed by atoms with Crippen LogP contribution in [0.5, 0.6) is 5.75 Å². The number of anilines is 1. The first-order valence-corrected chi connectivity index (χ1v) is 46.0. The van der Waals surface area contributed by atoms with Crippen LogP contribution in [0.4, 0.5) is 10.5 Å². The normalized spacial score (nSPS) is 27.5. The topological polar surface area (TPSA) is 448 Å². The Hall–Kier alpha value is -8.74. The van der Waals surface area contributed by atoms with Gasteiger partial charge in [-0.15, -0.1) is 0 Å². The second-order valence-electron chi connectivity index (χ2n) is 34.9. The molecule has 0 radical (unpaired) electrons. The fraction of sp³-hybridized carbons (Fsp3) is 0.600. The number of para-hydroxylation sites is 1. The molecule has 3 saturated heterocycles. The van der Waals surface area contributed by atoms with Crippen molar-refractivity contribution in [2.45, 2.75) is 240 Å². The van der Waals surface area contributed by atoms with E-state index in [1.54, 1.807) is 32.4 Å². The van der Waals surface area contributed by atoms with Gasteiger partial charge in [0.25, 0.3) is 5.56 Å². The SMILES string of the molecule is CC[C@]1(O)C[C@@H]2CC[C@](C)(c3cc4c(cc3OC)N(C)[C@H]3[C@@](O)(C(=O)CNC(=O)OCCSSC[C@@H](CC(=O)[C@H](CNC(=O)CCCCCCCCOC5C[C@@H](O)C(O)C(C(=O)O)O5)NC(=O)CCCCC(=O)c5ccc(CCc6cnc7nc(C)[nH]c(=O)c7n6)cc5)C(=O)O)[C@H](O)[C@]5(CC)C=CCN6CC[C@]43[C@@H]65)c3[nH]c4ccccc4c3CCN(C2)C1. The number of aliphatic carboxylic acids is 2. The molecule has 9 heterocycles. The van der Waals surface area contributed by atoms with Crippen LogP contribution in [0.1, 0.15) is 193 Å². The second-order valence-corrected chi connectivity index (χ2v) is 37.5. The van der Waals surface area contributed by atoms with Crippen molar-refractivity contribution < 1.29 is 93.0 Å². The highest BCUT2D eigenvalue weighted by Gasteiger charge is 2.78. The minimum absolute atomic E-state index is 0.0720. The van der Waals surface area contributed by atoms with Gasteiger partial charge in [0.15, 0.2) is 46.5 Å². The number of aliphatic hydroxyl groups excluding tert-OH is 3. The number of aliphatic hydroxyl groups is 5. The molecule has 16 atom stereocenters. The van der Waals surface area contributed by atoms with Crippen molar-refractivity contribution >= 4 is 96.5 Å². The third-order valence-electron chi connectivity index (χ3n) is 27.0. The average Bonchev–Trinajstić information content (AvgIpc) is 1.50. The number of H-pyrrole nitrogens is 2. The van der Waals surface area contributed by atoms with Gasteiger partial charge in [-0.3, -0.25) is 43.4 Å². The molecule has 2 bridgehead atoms. The Labute approximate surface area is 723 Å². The first-order chi connectivity index (χ1) is 59.0. The van der Waals surface area contributed by atoms with Gasteiger partial charge < -0.3 is 85.5 Å². The Kier molecular flexibility index (Phi) is 29.8. The van der Waals surface area contributed by atoms with Crippen LogP contribution in [-0.2, 0) is 73.1 Å². The summed E-state index contributed by atoms with van der Waals surface area (Å²) in [6.07, 6.45) is 7.51. The van der Waals surface area contributed by atoms with Crippen molar-refractivity contribution in [1.29, 1.82) is 0 Å². The molecule has 1 saturated carbocycles. The van der Waals surface area contributed by atoms with Crippen LogP contribution in [0.2, 0.25) is 0 Å². The molecule has 4 fully saturated rings. The summed E-state index contributed by atoms with van der Waals surface area (Å²) >= 11 is 0. The van der Waals surface area contributed by atoms with E-state index in [1.807, 2.05) is 55.3 Å². The number of aromatic nitrogens is 5. The number of piperidine rings is 1. The number of ether oxygens (including phenoxy) is 4. The van der Waals surface area contributed by atoms with Crippen LogP contribution >= 0.6 is 21.6 Å². The van der Waals surface area contributed by atoms with Crippen LogP contribution in [-0.4, -0.2) is 262 Å². The Morgan fingerprint density at radius 3 is 2.33 bits per heavy atom. The number of methoxy groups -OCH3 is 1. The number of alkyl carbamates (subject to hydrolysis) is 1. The summed E-state index contributed by atoms with van der Waals surface area (Å²) in [5, 5.41) is 87.8. The number of Topliss-reactive ketones (excluding diaryl/α,β-unsaturated/α-hetero) is 3. The number of carbonyl (C=O) groups excluding carboxylic acids is 6. The number of fused-ring (bicyclic) bond motifs is 7. The van der Waals surface area contributed by atoms with Crippen molar-refractivity contribution in [2.24, 2.45) is 17.3 Å². The number of hydrogen-bond acceptors (Lipinski definition) is 26. The minimum atomic E-state index is -2.46. The monoisotopic (exact) mass is 1740 g/mol. The number of rotatable bonds is 40. The quantitative estimate of drug-likeness (QED) is 0.00760. The van der Waals surface area contributed by atoms with E-state index >= 15 is 4.79 Å². The van der Waals surface area contributed by atoms with Crippen molar-refractivity contribution in [3.05, 3.63) is 134 Å². The zero-order valence-electron chi connectivity index (χ0n) is 71.1. The van der Waals surface area contributed by atoms with Gasteiger partial charge in [-0.05, 0) is 139 Å². The van der Waals surface area contributed by atoms with Crippen molar-refractivity contribution in [3.63, 3.8) is 0 Å². The van der Waals surface area contributed by atoms with E-state index in [9.17, 15) is 74.1 Å². The van der Waals surface area contributed by atoms with Gasteiger partial charge in [0.05, 0.1) is 49.2 Å². The fourth-order valence-electron chi connectivity index (χ4n) is 20.6. The van der Waals surface area contributed by atoms with E-state index in [4.69, 9.17) is 18.9 Å². The number of aryl methyl sites for hydroxylation is 3. The van der Waals surface area contributed by atoms with E-state index < -0.39 is 131 Å². The van der Waals surface area contributed by atoms with Gasteiger partial charge in [0.1, 0.15) is 36.4 Å². The molecule has 6 aliphatic heterocycles. The number of ketones is 3. The first kappa shape index (κ1) is 91.9. The van der Waals surface area contributed by atoms with Crippen molar-refractivity contribution in [1.82, 2.24) is 50.7 Å². The number of benzene rings is 3. The molecule has 33 heteroatoms. The van der Waals surface area contributed by atoms with Gasteiger partial charge in [-0.25, -0.2) is 24.5 Å². The third kappa shape index (κ3) is 19.8. The third-order valence-corrected chi connectivity index (χ3v) is 29.5.